The Morgan fingerprint density at radius 1 is 0.571 bits per heavy atom. The van der Waals surface area contributed by atoms with Gasteiger partial charge in [0.2, 0.25) is 0 Å². The minimum Gasteiger partial charge on any atom is -0.259 e. The monoisotopic (exact) mass is 558 g/mol. The number of hydrazone groups is 2. The fraction of sp³-hybridized carbons (Fsp3) is 0.278. The van der Waals surface area contributed by atoms with Crippen LogP contribution in [0.3, 0.4) is 0 Å². The predicted octanol–water partition coefficient (Wildman–Crippen LogP) is 9.75. The van der Waals surface area contributed by atoms with Crippen LogP contribution in [0.4, 0.5) is 11.6 Å². The zero-order valence-electron chi connectivity index (χ0n) is 24.8. The van der Waals surface area contributed by atoms with Crippen LogP contribution in [-0.2, 0) is 0 Å². The van der Waals surface area contributed by atoms with Gasteiger partial charge in [0.1, 0.15) is 0 Å². The first-order valence-corrected chi connectivity index (χ1v) is 15.1. The normalized spacial score (nSPS) is 12.4. The summed E-state index contributed by atoms with van der Waals surface area (Å²) in [7, 11) is 0. The van der Waals surface area contributed by atoms with Crippen molar-refractivity contribution in [3.8, 4) is 0 Å². The van der Waals surface area contributed by atoms with E-state index < -0.39 is 0 Å². The van der Waals surface area contributed by atoms with Gasteiger partial charge in [0.25, 0.3) is 0 Å². The molecule has 1 heterocycles. The molecule has 0 saturated heterocycles. The van der Waals surface area contributed by atoms with E-state index in [0.717, 1.165) is 36.5 Å². The molecule has 1 aromatic heterocycles. The van der Waals surface area contributed by atoms with Gasteiger partial charge in [0.15, 0.2) is 11.6 Å². The van der Waals surface area contributed by atoms with Gasteiger partial charge in [-0.3, -0.25) is 10.9 Å². The van der Waals surface area contributed by atoms with Crippen LogP contribution in [0.25, 0.3) is 22.9 Å². The quantitative estimate of drug-likeness (QED) is 0.0815. The van der Waals surface area contributed by atoms with Crippen LogP contribution in [0, 0.1) is 0 Å². The maximum atomic E-state index is 4.55. The summed E-state index contributed by atoms with van der Waals surface area (Å²) in [6.45, 7) is 4.44. The zero-order chi connectivity index (χ0) is 29.2. The van der Waals surface area contributed by atoms with Crippen molar-refractivity contribution in [1.82, 2.24) is 10.2 Å². The van der Waals surface area contributed by atoms with Crippen molar-refractivity contribution in [3.05, 3.63) is 107 Å². The zero-order valence-corrected chi connectivity index (χ0v) is 24.8. The molecule has 42 heavy (non-hydrogen) atoms. The number of nitrogens with one attached hydrogen (secondary N) is 2. The van der Waals surface area contributed by atoms with Gasteiger partial charge in [-0.2, -0.15) is 10.2 Å². The lowest BCUT2D eigenvalue weighted by Gasteiger charge is -2.09. The molecule has 3 aromatic carbocycles. The number of hydrogen-bond donors (Lipinski definition) is 2. The first-order chi connectivity index (χ1) is 20.8. The number of benzene rings is 3. The molecule has 0 aliphatic carbocycles. The minimum absolute atomic E-state index is 0.605. The Labute approximate surface area is 250 Å². The molecule has 0 radical (unpaired) electrons. The van der Waals surface area contributed by atoms with Crippen molar-refractivity contribution < 1.29 is 0 Å². The summed E-state index contributed by atoms with van der Waals surface area (Å²) in [5, 5.41) is 19.8. The maximum absolute atomic E-state index is 4.55. The van der Waals surface area contributed by atoms with E-state index in [1.807, 2.05) is 48.8 Å². The van der Waals surface area contributed by atoms with Crippen molar-refractivity contribution in [3.63, 3.8) is 0 Å². The van der Waals surface area contributed by atoms with Crippen LogP contribution in [0.1, 0.15) is 76.3 Å². The van der Waals surface area contributed by atoms with Gasteiger partial charge < -0.3 is 0 Å². The lowest BCUT2D eigenvalue weighted by molar-refractivity contribution is 0.724. The summed E-state index contributed by atoms with van der Waals surface area (Å²) in [5.41, 5.74) is 10.9. The fourth-order valence-electron chi connectivity index (χ4n) is 4.65. The third-order valence-electron chi connectivity index (χ3n) is 6.93. The summed E-state index contributed by atoms with van der Waals surface area (Å²) >= 11 is 0. The Kier molecular flexibility index (Phi) is 12.5. The highest BCUT2D eigenvalue weighted by molar-refractivity contribution is 5.99. The Bertz CT molecular complexity index is 1380. The molecular weight excluding hydrogens is 516 g/mol. The van der Waals surface area contributed by atoms with Gasteiger partial charge >= 0.3 is 0 Å². The molecule has 0 unspecified atom stereocenters. The molecule has 0 saturated carbocycles. The second-order valence-electron chi connectivity index (χ2n) is 10.4. The highest BCUT2D eigenvalue weighted by Crippen LogP contribution is 2.26. The van der Waals surface area contributed by atoms with Crippen LogP contribution in [0.5, 0.6) is 0 Å². The molecule has 216 valence electrons. The van der Waals surface area contributed by atoms with Gasteiger partial charge in [0, 0.05) is 10.8 Å². The van der Waals surface area contributed by atoms with Gasteiger partial charge in [-0.25, -0.2) is 0 Å². The van der Waals surface area contributed by atoms with Crippen LogP contribution < -0.4 is 10.9 Å². The number of hydrogen-bond acceptors (Lipinski definition) is 6. The lowest BCUT2D eigenvalue weighted by atomic mass is 10.1. The average Bonchev–Trinajstić information content (AvgIpc) is 3.03. The van der Waals surface area contributed by atoms with Crippen molar-refractivity contribution in [1.29, 1.82) is 0 Å². The predicted molar refractivity (Wildman–Crippen MR) is 181 cm³/mol. The van der Waals surface area contributed by atoms with Gasteiger partial charge in [0.05, 0.1) is 12.4 Å². The summed E-state index contributed by atoms with van der Waals surface area (Å²) in [5.74, 6) is 1.21. The smallest absolute Gasteiger partial charge is 0.176 e. The molecule has 0 aliphatic heterocycles. The number of aromatic nitrogens is 2. The van der Waals surface area contributed by atoms with E-state index in [4.69, 9.17) is 0 Å². The molecule has 6 nitrogen and oxygen atoms in total. The van der Waals surface area contributed by atoms with Crippen LogP contribution in [-0.4, -0.2) is 22.6 Å². The molecule has 4 aromatic rings. The number of unbranched alkanes of at least 4 members (excludes halogenated alkanes) is 4. The fourth-order valence-corrected chi connectivity index (χ4v) is 4.65. The molecule has 2 N–H and O–H groups in total. The standard InChI is InChI=1S/C36H42N6/c1-3-5-9-21-31(25-29-17-11-7-12-18-29)27-37-39-35-33-23-15-16-24-34(33)36(42-41-35)40-38-28-32(22-10-6-4-2)26-30-19-13-8-14-20-30/h7-8,11-20,23-28H,3-6,9-10,21-22H2,1-2H3,(H,39,41)(H,40,42)/b31-25-,32-26+,37-27-,38-28-. The number of allylic oxidation sites excluding steroid dienone is 2. The number of nitrogens with zero attached hydrogens (tertiary/aromatic N) is 4. The van der Waals surface area contributed by atoms with Gasteiger partial charge in [-0.1, -0.05) is 137 Å². The van der Waals surface area contributed by atoms with Crippen molar-refractivity contribution in [2.24, 2.45) is 10.2 Å². The second kappa shape index (κ2) is 17.3. The van der Waals surface area contributed by atoms with Crippen LogP contribution in [0.2, 0.25) is 0 Å². The summed E-state index contributed by atoms with van der Waals surface area (Å²) in [4.78, 5) is 0. The topological polar surface area (TPSA) is 74.6 Å². The third-order valence-corrected chi connectivity index (χ3v) is 6.93. The van der Waals surface area contributed by atoms with E-state index in [1.54, 1.807) is 0 Å². The van der Waals surface area contributed by atoms with Crippen molar-refractivity contribution in [2.45, 2.75) is 65.2 Å². The Hall–Kier alpha value is -4.58. The third kappa shape index (κ3) is 9.81. The SMILES string of the molecule is CCCCCC(/C=N\Nc1nnc(N/N=C\C(=C\c2ccccc2)CCCCC)c2ccccc12)=C/c1ccccc1. The van der Waals surface area contributed by atoms with E-state index in [1.165, 1.54) is 48.0 Å². The molecule has 6 heteroatoms. The van der Waals surface area contributed by atoms with E-state index in [0.29, 0.717) is 11.6 Å². The van der Waals surface area contributed by atoms with E-state index >= 15 is 0 Å². The molecule has 0 aliphatic rings. The highest BCUT2D eigenvalue weighted by atomic mass is 15.4. The second-order valence-corrected chi connectivity index (χ2v) is 10.4. The van der Waals surface area contributed by atoms with E-state index in [9.17, 15) is 0 Å². The van der Waals surface area contributed by atoms with E-state index in [-0.39, 0.29) is 0 Å². The summed E-state index contributed by atoms with van der Waals surface area (Å²) in [6.07, 6.45) is 17.1. The largest absolute Gasteiger partial charge is 0.259 e. The number of fused-ring (bicyclic) bond motifs is 1. The average molecular weight is 559 g/mol. The minimum atomic E-state index is 0.605. The number of rotatable bonds is 16. The Balaban J connectivity index is 1.49. The summed E-state index contributed by atoms with van der Waals surface area (Å²) in [6, 6.07) is 28.7. The first kappa shape index (κ1) is 30.4. The first-order valence-electron chi connectivity index (χ1n) is 15.1. The van der Waals surface area contributed by atoms with E-state index in [2.05, 4.69) is 106 Å². The van der Waals surface area contributed by atoms with Crippen LogP contribution in [0.15, 0.2) is 106 Å². The van der Waals surface area contributed by atoms with Crippen LogP contribution >= 0.6 is 0 Å². The van der Waals surface area contributed by atoms with Crippen molar-refractivity contribution >= 4 is 47.0 Å². The lowest BCUT2D eigenvalue weighted by Crippen LogP contribution is -2.02. The van der Waals surface area contributed by atoms with Gasteiger partial charge in [-0.05, 0) is 48.0 Å². The molecule has 0 atom stereocenters. The molecule has 0 bridgehead atoms. The maximum Gasteiger partial charge on any atom is 0.176 e. The molecule has 0 spiro atoms. The molecule has 4 rings (SSSR count). The Morgan fingerprint density at radius 3 is 1.38 bits per heavy atom. The summed E-state index contributed by atoms with van der Waals surface area (Å²) < 4.78 is 0. The van der Waals surface area contributed by atoms with Crippen molar-refractivity contribution in [2.75, 3.05) is 10.9 Å². The number of anilines is 2. The Morgan fingerprint density at radius 2 is 0.976 bits per heavy atom. The highest BCUT2D eigenvalue weighted by Gasteiger charge is 2.08. The van der Waals surface area contributed by atoms with Gasteiger partial charge in [-0.15, -0.1) is 10.2 Å². The molecule has 0 fully saturated rings. The molecular formula is C36H42N6. The molecule has 0 amide bonds.